The molecule has 0 aliphatic carbocycles. The number of anilines is 1. The molecule has 1 aromatic carbocycles. The van der Waals surface area contributed by atoms with Crippen LogP contribution in [0.2, 0.25) is 0 Å². The third kappa shape index (κ3) is 7.50. The fourth-order valence-electron chi connectivity index (χ4n) is 2.90. The van der Waals surface area contributed by atoms with Crippen LogP contribution in [0.5, 0.6) is 0 Å². The number of halogens is 1. The molecule has 2 rings (SSSR count). The van der Waals surface area contributed by atoms with Gasteiger partial charge in [0.05, 0.1) is 13.2 Å². The fourth-order valence-corrected chi connectivity index (χ4v) is 2.90. The van der Waals surface area contributed by atoms with E-state index in [-0.39, 0.29) is 24.0 Å². The number of nitrogens with two attached hydrogens (primary N) is 1. The molecule has 1 heterocycles. The molecule has 1 saturated heterocycles. The van der Waals surface area contributed by atoms with Crippen LogP contribution in [0.25, 0.3) is 0 Å². The van der Waals surface area contributed by atoms with Crippen molar-refractivity contribution in [3.8, 4) is 0 Å². The maximum Gasteiger partial charge on any atom is 0.193 e. The van der Waals surface area contributed by atoms with Crippen molar-refractivity contribution in [3.63, 3.8) is 0 Å². The first-order chi connectivity index (χ1) is 11.7. The lowest BCUT2D eigenvalue weighted by atomic mass is 10.0. The minimum absolute atomic E-state index is 0. The number of aryl methyl sites for hydroxylation is 2. The third-order valence-electron chi connectivity index (χ3n) is 4.36. The van der Waals surface area contributed by atoms with Gasteiger partial charge in [-0.25, -0.2) is 0 Å². The van der Waals surface area contributed by atoms with Crippen LogP contribution < -0.4 is 11.1 Å². The molecular formula is C19H32IN3O2. The Labute approximate surface area is 168 Å². The molecule has 0 saturated carbocycles. The molecule has 6 heteroatoms. The van der Waals surface area contributed by atoms with Gasteiger partial charge in [0.25, 0.3) is 0 Å². The van der Waals surface area contributed by atoms with E-state index < -0.39 is 0 Å². The van der Waals surface area contributed by atoms with Crippen LogP contribution in [0.3, 0.4) is 0 Å². The summed E-state index contributed by atoms with van der Waals surface area (Å²) in [5.41, 5.74) is 9.71. The molecular weight excluding hydrogens is 429 g/mol. The number of nitrogens with one attached hydrogen (secondary N) is 1. The van der Waals surface area contributed by atoms with Gasteiger partial charge in [-0.3, -0.25) is 4.99 Å². The van der Waals surface area contributed by atoms with E-state index >= 15 is 0 Å². The summed E-state index contributed by atoms with van der Waals surface area (Å²) in [7, 11) is 0. The van der Waals surface area contributed by atoms with Crippen molar-refractivity contribution in [2.24, 2.45) is 16.6 Å². The van der Waals surface area contributed by atoms with Gasteiger partial charge in [-0.2, -0.15) is 0 Å². The number of hydrogen-bond acceptors (Lipinski definition) is 3. The Morgan fingerprint density at radius 1 is 1.32 bits per heavy atom. The largest absolute Gasteiger partial charge is 0.381 e. The smallest absolute Gasteiger partial charge is 0.193 e. The summed E-state index contributed by atoms with van der Waals surface area (Å²) in [5.74, 6) is 1.05. The number of rotatable bonds is 9. The molecule has 3 N–H and O–H groups in total. The van der Waals surface area contributed by atoms with Crippen molar-refractivity contribution in [2.75, 3.05) is 38.3 Å². The van der Waals surface area contributed by atoms with E-state index in [4.69, 9.17) is 15.2 Å². The van der Waals surface area contributed by atoms with Crippen molar-refractivity contribution in [1.82, 2.24) is 0 Å². The zero-order valence-electron chi connectivity index (χ0n) is 15.4. The molecule has 142 valence electrons. The minimum atomic E-state index is 0. The summed E-state index contributed by atoms with van der Waals surface area (Å²) in [6.07, 6.45) is 3.95. The second kappa shape index (κ2) is 12.5. The highest BCUT2D eigenvalue weighted by molar-refractivity contribution is 14.0. The quantitative estimate of drug-likeness (QED) is 0.255. The number of guanidine groups is 1. The molecule has 5 nitrogen and oxygen atoms in total. The molecule has 0 bridgehead atoms. The van der Waals surface area contributed by atoms with Gasteiger partial charge < -0.3 is 20.5 Å². The third-order valence-corrected chi connectivity index (χ3v) is 4.36. The van der Waals surface area contributed by atoms with Crippen molar-refractivity contribution in [2.45, 2.75) is 39.5 Å². The highest BCUT2D eigenvalue weighted by Gasteiger charge is 2.15. The Morgan fingerprint density at radius 2 is 2.04 bits per heavy atom. The van der Waals surface area contributed by atoms with E-state index in [0.29, 0.717) is 18.4 Å². The van der Waals surface area contributed by atoms with Gasteiger partial charge >= 0.3 is 0 Å². The lowest BCUT2D eigenvalue weighted by Crippen LogP contribution is -2.24. The van der Waals surface area contributed by atoms with Crippen LogP contribution in [-0.4, -0.2) is 38.9 Å². The van der Waals surface area contributed by atoms with Crippen LogP contribution in [0.4, 0.5) is 5.69 Å². The average Bonchev–Trinajstić information content (AvgIpc) is 3.11. The van der Waals surface area contributed by atoms with Crippen molar-refractivity contribution < 1.29 is 9.47 Å². The summed E-state index contributed by atoms with van der Waals surface area (Å²) in [6, 6.07) is 6.37. The molecule has 0 aromatic heterocycles. The molecule has 0 spiro atoms. The molecule has 1 aliphatic heterocycles. The van der Waals surface area contributed by atoms with Crippen LogP contribution in [0, 0.1) is 5.92 Å². The molecule has 25 heavy (non-hydrogen) atoms. The van der Waals surface area contributed by atoms with Crippen LogP contribution in [0.15, 0.2) is 23.2 Å². The molecule has 0 amide bonds. The summed E-state index contributed by atoms with van der Waals surface area (Å²) < 4.78 is 11.0. The lowest BCUT2D eigenvalue weighted by Gasteiger charge is -2.14. The number of hydrogen-bond donors (Lipinski definition) is 2. The second-order valence-electron chi connectivity index (χ2n) is 6.21. The summed E-state index contributed by atoms with van der Waals surface area (Å²) in [4.78, 5) is 4.42. The Balaban J connectivity index is 0.00000312. The number of aliphatic imine (C=N–C) groups is 1. The highest BCUT2D eigenvalue weighted by Crippen LogP contribution is 2.22. The monoisotopic (exact) mass is 461 g/mol. The maximum atomic E-state index is 6.05. The van der Waals surface area contributed by atoms with Gasteiger partial charge in [-0.1, -0.05) is 32.0 Å². The Kier molecular flexibility index (Phi) is 11.1. The number of benzene rings is 1. The predicted octanol–water partition coefficient (Wildman–Crippen LogP) is 3.60. The van der Waals surface area contributed by atoms with Gasteiger partial charge in [0, 0.05) is 31.4 Å². The zero-order valence-corrected chi connectivity index (χ0v) is 17.8. The summed E-state index contributed by atoms with van der Waals surface area (Å²) in [5, 5.41) is 3.29. The number of nitrogens with zero attached hydrogens (tertiary/aromatic N) is 1. The molecule has 0 radical (unpaired) electrons. The van der Waals surface area contributed by atoms with E-state index in [9.17, 15) is 0 Å². The van der Waals surface area contributed by atoms with E-state index in [1.54, 1.807) is 0 Å². The topological polar surface area (TPSA) is 68.9 Å². The molecule has 1 unspecified atom stereocenters. The standard InChI is InChI=1S/C19H31N3O2.HI/c1-3-16-7-5-8-17(4-2)18(16)22-19(20)21-10-6-11-23-13-15-9-12-24-14-15;/h5,7-8,15H,3-4,6,9-14H2,1-2H3,(H3,20,21,22);1H. The number of ether oxygens (including phenoxy) is 2. The van der Waals surface area contributed by atoms with Gasteiger partial charge in [0.15, 0.2) is 5.96 Å². The van der Waals surface area contributed by atoms with Gasteiger partial charge in [-0.05, 0) is 36.8 Å². The van der Waals surface area contributed by atoms with E-state index in [1.807, 2.05) is 0 Å². The zero-order chi connectivity index (χ0) is 17.2. The lowest BCUT2D eigenvalue weighted by molar-refractivity contribution is 0.0893. The van der Waals surface area contributed by atoms with Crippen molar-refractivity contribution >= 4 is 35.6 Å². The summed E-state index contributed by atoms with van der Waals surface area (Å²) >= 11 is 0. The van der Waals surface area contributed by atoms with Crippen LogP contribution in [0.1, 0.15) is 37.8 Å². The first-order valence-corrected chi connectivity index (χ1v) is 9.07. The van der Waals surface area contributed by atoms with Gasteiger partial charge in [0.1, 0.15) is 0 Å². The fraction of sp³-hybridized carbons (Fsp3) is 0.632. The van der Waals surface area contributed by atoms with E-state index in [2.05, 4.69) is 42.4 Å². The Bertz CT molecular complexity index is 509. The van der Waals surface area contributed by atoms with Crippen molar-refractivity contribution in [3.05, 3.63) is 29.3 Å². The van der Waals surface area contributed by atoms with Gasteiger partial charge in [0.2, 0.25) is 0 Å². The van der Waals surface area contributed by atoms with Crippen LogP contribution >= 0.6 is 24.0 Å². The van der Waals surface area contributed by atoms with Crippen molar-refractivity contribution in [1.29, 1.82) is 0 Å². The molecule has 1 aliphatic rings. The normalized spacial score (nSPS) is 17.4. The first-order valence-electron chi connectivity index (χ1n) is 9.07. The highest BCUT2D eigenvalue weighted by atomic mass is 127. The van der Waals surface area contributed by atoms with Gasteiger partial charge in [-0.15, -0.1) is 24.0 Å². The first kappa shape index (κ1) is 22.2. The van der Waals surface area contributed by atoms with E-state index in [0.717, 1.165) is 57.8 Å². The predicted molar refractivity (Wildman–Crippen MR) is 115 cm³/mol. The second-order valence-corrected chi connectivity index (χ2v) is 6.21. The summed E-state index contributed by atoms with van der Waals surface area (Å²) in [6.45, 7) is 8.21. The SMILES string of the molecule is CCc1cccc(CC)c1NC(N)=NCCCOCC1CCOC1.I. The average molecular weight is 461 g/mol. The Hall–Kier alpha value is -0.860. The van der Waals surface area contributed by atoms with Crippen LogP contribution in [-0.2, 0) is 22.3 Å². The minimum Gasteiger partial charge on any atom is -0.381 e. The van der Waals surface area contributed by atoms with E-state index in [1.165, 1.54) is 11.1 Å². The molecule has 1 fully saturated rings. The Morgan fingerprint density at radius 3 is 2.64 bits per heavy atom. The number of para-hydroxylation sites is 1. The molecule has 1 aromatic rings. The maximum absolute atomic E-state index is 6.05. The molecule has 1 atom stereocenters.